The van der Waals surface area contributed by atoms with E-state index in [1.54, 1.807) is 0 Å². The molecule has 4 rings (SSSR count). The molecule has 1 aliphatic heterocycles. The van der Waals surface area contributed by atoms with E-state index >= 15 is 0 Å². The van der Waals surface area contributed by atoms with Crippen LogP contribution in [0.5, 0.6) is 0 Å². The van der Waals surface area contributed by atoms with Gasteiger partial charge in [-0.05, 0) is 24.5 Å². The Balaban J connectivity index is 1.33. The topological polar surface area (TPSA) is 64.2 Å². The lowest BCUT2D eigenvalue weighted by Crippen LogP contribution is -2.39. The Morgan fingerprint density at radius 2 is 2.12 bits per heavy atom. The normalized spacial score (nSPS) is 22.3. The Kier molecular flexibility index (Phi) is 4.13. The van der Waals surface area contributed by atoms with Crippen LogP contribution in [-0.4, -0.2) is 32.1 Å². The first-order valence-corrected chi connectivity index (χ1v) is 9.31. The highest BCUT2D eigenvalue weighted by Gasteiger charge is 2.36. The van der Waals surface area contributed by atoms with E-state index in [0.717, 1.165) is 42.2 Å². The van der Waals surface area contributed by atoms with Crippen molar-refractivity contribution in [1.82, 2.24) is 19.7 Å². The van der Waals surface area contributed by atoms with Gasteiger partial charge >= 0.3 is 0 Å². The molecule has 2 aliphatic rings. The maximum absolute atomic E-state index is 12.6. The number of aryl methyl sites for hydroxylation is 1. The molecule has 0 N–H and O–H groups in total. The molecule has 25 heavy (non-hydrogen) atoms. The lowest BCUT2D eigenvalue weighted by Gasteiger charge is -2.28. The van der Waals surface area contributed by atoms with Crippen molar-refractivity contribution in [2.45, 2.75) is 65.0 Å². The van der Waals surface area contributed by atoms with Crippen molar-refractivity contribution >= 4 is 5.91 Å². The highest BCUT2D eigenvalue weighted by Crippen LogP contribution is 2.47. The van der Waals surface area contributed by atoms with Crippen LogP contribution < -0.4 is 0 Å². The molecular weight excluding hydrogens is 316 g/mol. The third-order valence-corrected chi connectivity index (χ3v) is 5.39. The third kappa shape index (κ3) is 3.22. The number of aromatic nitrogens is 3. The summed E-state index contributed by atoms with van der Waals surface area (Å²) in [7, 11) is 0. The highest BCUT2D eigenvalue weighted by atomic mass is 16.3. The third-order valence-electron chi connectivity index (χ3n) is 5.39. The van der Waals surface area contributed by atoms with E-state index in [0.29, 0.717) is 31.2 Å². The number of hydrogen-bond acceptors (Lipinski definition) is 4. The number of carbonyl (C=O) groups is 1. The Morgan fingerprint density at radius 3 is 2.84 bits per heavy atom. The van der Waals surface area contributed by atoms with Crippen molar-refractivity contribution in [2.24, 2.45) is 5.92 Å². The van der Waals surface area contributed by atoms with Gasteiger partial charge in [-0.2, -0.15) is 0 Å². The van der Waals surface area contributed by atoms with Gasteiger partial charge in [0, 0.05) is 37.8 Å². The second-order valence-electron chi connectivity index (χ2n) is 7.72. The largest absolute Gasteiger partial charge is 0.466 e. The summed E-state index contributed by atoms with van der Waals surface area (Å²) in [6.45, 7) is 8.56. The Labute approximate surface area is 148 Å². The minimum Gasteiger partial charge on any atom is -0.466 e. The number of rotatable bonds is 5. The molecule has 0 saturated heterocycles. The van der Waals surface area contributed by atoms with Gasteiger partial charge in [-0.15, -0.1) is 10.2 Å². The van der Waals surface area contributed by atoms with Crippen molar-refractivity contribution in [3.05, 3.63) is 35.3 Å². The fraction of sp³-hybridized carbons (Fsp3) is 0.632. The number of nitrogens with zero attached hydrogens (tertiary/aromatic N) is 4. The van der Waals surface area contributed by atoms with E-state index in [1.165, 1.54) is 6.42 Å². The van der Waals surface area contributed by atoms with Gasteiger partial charge in [-0.1, -0.05) is 20.8 Å². The molecule has 0 unspecified atom stereocenters. The van der Waals surface area contributed by atoms with E-state index in [1.807, 2.05) is 11.0 Å². The summed E-state index contributed by atoms with van der Waals surface area (Å²) in [5.74, 6) is 5.76. The fourth-order valence-electron chi connectivity index (χ4n) is 3.66. The minimum atomic E-state index is 0.165. The van der Waals surface area contributed by atoms with Gasteiger partial charge in [0.25, 0.3) is 0 Å². The predicted molar refractivity (Wildman–Crippen MR) is 93.1 cm³/mol. The second-order valence-corrected chi connectivity index (χ2v) is 7.72. The molecule has 2 aromatic heterocycles. The van der Waals surface area contributed by atoms with E-state index in [-0.39, 0.29) is 5.91 Å². The molecule has 2 aromatic rings. The Morgan fingerprint density at radius 1 is 1.32 bits per heavy atom. The summed E-state index contributed by atoms with van der Waals surface area (Å²) in [5, 5.41) is 8.54. The molecule has 0 radical (unpaired) electrons. The second kappa shape index (κ2) is 6.32. The Bertz CT molecular complexity index is 776. The van der Waals surface area contributed by atoms with Crippen LogP contribution in [0.25, 0.3) is 0 Å². The van der Waals surface area contributed by atoms with E-state index in [2.05, 4.69) is 41.6 Å². The van der Waals surface area contributed by atoms with Gasteiger partial charge in [0.2, 0.25) is 5.91 Å². The number of fused-ring (bicyclic) bond motifs is 1. The maximum atomic E-state index is 12.6. The maximum Gasteiger partial charge on any atom is 0.223 e. The molecule has 0 aromatic carbocycles. The van der Waals surface area contributed by atoms with Crippen molar-refractivity contribution in [3.63, 3.8) is 0 Å². The summed E-state index contributed by atoms with van der Waals surface area (Å²) in [6, 6.07) is 4.10. The van der Waals surface area contributed by atoms with Gasteiger partial charge in [-0.3, -0.25) is 4.79 Å². The minimum absolute atomic E-state index is 0.165. The molecule has 1 amide bonds. The number of hydrogen-bond donors (Lipinski definition) is 0. The smallest absolute Gasteiger partial charge is 0.223 e. The number of amides is 1. The van der Waals surface area contributed by atoms with Crippen molar-refractivity contribution in [2.75, 3.05) is 6.54 Å². The summed E-state index contributed by atoms with van der Waals surface area (Å²) in [4.78, 5) is 14.4. The standard InChI is InChI=1S/C19H26N4O2/c1-12(2)19-21-20-17-11-22(8-9-23(17)19)18(24)7-5-14-4-6-16(25-14)15-10-13(15)3/h4,6,12-13,15H,5,7-11H2,1-3H3/t13-,15+/m0/s1. The van der Waals surface area contributed by atoms with Crippen LogP contribution in [0.2, 0.25) is 0 Å². The van der Waals surface area contributed by atoms with Gasteiger partial charge in [0.05, 0.1) is 6.54 Å². The molecular formula is C19H26N4O2. The molecule has 0 spiro atoms. The van der Waals surface area contributed by atoms with Gasteiger partial charge < -0.3 is 13.9 Å². The van der Waals surface area contributed by atoms with E-state index in [9.17, 15) is 4.79 Å². The molecule has 1 saturated carbocycles. The molecule has 6 nitrogen and oxygen atoms in total. The van der Waals surface area contributed by atoms with Crippen molar-refractivity contribution in [1.29, 1.82) is 0 Å². The van der Waals surface area contributed by atoms with Crippen molar-refractivity contribution in [3.8, 4) is 0 Å². The van der Waals surface area contributed by atoms with Gasteiger partial charge in [0.1, 0.15) is 17.3 Å². The summed E-state index contributed by atoms with van der Waals surface area (Å²) < 4.78 is 8.06. The summed E-state index contributed by atoms with van der Waals surface area (Å²) in [5.41, 5.74) is 0. The monoisotopic (exact) mass is 342 g/mol. The predicted octanol–water partition coefficient (Wildman–Crippen LogP) is 3.09. The quantitative estimate of drug-likeness (QED) is 0.837. The van der Waals surface area contributed by atoms with Crippen LogP contribution in [0.3, 0.4) is 0 Å². The molecule has 3 heterocycles. The zero-order valence-corrected chi connectivity index (χ0v) is 15.2. The molecule has 0 bridgehead atoms. The molecule has 6 heteroatoms. The van der Waals surface area contributed by atoms with E-state index < -0.39 is 0 Å². The first-order valence-electron chi connectivity index (χ1n) is 9.31. The van der Waals surface area contributed by atoms with Crippen LogP contribution in [0.4, 0.5) is 0 Å². The molecule has 2 atom stereocenters. The zero-order chi connectivity index (χ0) is 17.6. The molecule has 134 valence electrons. The first-order chi connectivity index (χ1) is 12.0. The van der Waals surface area contributed by atoms with Gasteiger partial charge in [-0.25, -0.2) is 0 Å². The molecule has 1 aliphatic carbocycles. The highest BCUT2D eigenvalue weighted by molar-refractivity contribution is 5.76. The average Bonchev–Trinajstić information content (AvgIpc) is 3.03. The number of furan rings is 1. The fourth-order valence-corrected chi connectivity index (χ4v) is 3.66. The van der Waals surface area contributed by atoms with Crippen molar-refractivity contribution < 1.29 is 9.21 Å². The van der Waals surface area contributed by atoms with E-state index in [4.69, 9.17) is 4.42 Å². The van der Waals surface area contributed by atoms with Crippen LogP contribution in [0.1, 0.15) is 68.6 Å². The SMILES string of the molecule is CC(C)c1nnc2n1CCN(C(=O)CCc1ccc([C@@H]3C[C@@H]3C)o1)C2. The summed E-state index contributed by atoms with van der Waals surface area (Å²) >= 11 is 0. The van der Waals surface area contributed by atoms with Crippen LogP contribution >= 0.6 is 0 Å². The van der Waals surface area contributed by atoms with Crippen LogP contribution in [0.15, 0.2) is 16.5 Å². The molecule has 1 fully saturated rings. The zero-order valence-electron chi connectivity index (χ0n) is 15.2. The van der Waals surface area contributed by atoms with Crippen LogP contribution in [0, 0.1) is 5.92 Å². The first kappa shape index (κ1) is 16.4. The summed E-state index contributed by atoms with van der Waals surface area (Å²) in [6.07, 6.45) is 2.37. The lowest BCUT2D eigenvalue weighted by molar-refractivity contribution is -0.132. The van der Waals surface area contributed by atoms with Crippen LogP contribution in [-0.2, 0) is 24.3 Å². The van der Waals surface area contributed by atoms with Gasteiger partial charge in [0.15, 0.2) is 5.82 Å². The average molecular weight is 342 g/mol. The number of carbonyl (C=O) groups excluding carboxylic acids is 1. The lowest BCUT2D eigenvalue weighted by atomic mass is 10.2. The Hall–Kier alpha value is -2.11.